The number of nitrogens with one attached hydrogen (secondary N) is 2. The van der Waals surface area contributed by atoms with Gasteiger partial charge in [0.25, 0.3) is 0 Å². The van der Waals surface area contributed by atoms with Crippen LogP contribution in [0.4, 0.5) is 4.79 Å². The minimum absolute atomic E-state index is 0.103. The van der Waals surface area contributed by atoms with Crippen LogP contribution < -0.4 is 10.6 Å². The summed E-state index contributed by atoms with van der Waals surface area (Å²) < 4.78 is 11.0. The van der Waals surface area contributed by atoms with E-state index in [1.807, 2.05) is 74.5 Å². The smallest absolute Gasteiger partial charge is 0.410 e. The van der Waals surface area contributed by atoms with E-state index in [0.29, 0.717) is 25.8 Å². The summed E-state index contributed by atoms with van der Waals surface area (Å²) in [6, 6.07) is 16.1. The van der Waals surface area contributed by atoms with Crippen LogP contribution in [-0.2, 0) is 36.9 Å². The number of ether oxygens (including phenoxy) is 2. The Morgan fingerprint density at radius 2 is 1.51 bits per heavy atom. The zero-order chi connectivity index (χ0) is 30.0. The number of hydrogen-bond donors (Lipinski definition) is 2. The number of carbonyl (C=O) groups is 4. The van der Waals surface area contributed by atoms with E-state index in [2.05, 4.69) is 10.6 Å². The summed E-state index contributed by atoms with van der Waals surface area (Å²) >= 11 is 0. The molecule has 2 N–H and O–H groups in total. The van der Waals surface area contributed by atoms with E-state index in [0.717, 1.165) is 11.1 Å². The number of rotatable bonds is 11. The van der Waals surface area contributed by atoms with E-state index in [-0.39, 0.29) is 18.9 Å². The van der Waals surface area contributed by atoms with Crippen molar-refractivity contribution in [3.63, 3.8) is 0 Å². The summed E-state index contributed by atoms with van der Waals surface area (Å²) in [5, 5.41) is 5.69. The summed E-state index contributed by atoms with van der Waals surface area (Å²) in [5.74, 6) is -1.33. The van der Waals surface area contributed by atoms with E-state index >= 15 is 0 Å². The summed E-state index contributed by atoms with van der Waals surface area (Å²) in [7, 11) is 0. The monoisotopic (exact) mass is 565 g/mol. The average molecular weight is 566 g/mol. The number of esters is 1. The van der Waals surface area contributed by atoms with Crippen LogP contribution in [0.5, 0.6) is 0 Å². The van der Waals surface area contributed by atoms with E-state index in [1.54, 1.807) is 20.8 Å². The second-order valence-electron chi connectivity index (χ2n) is 11.9. The minimum Gasteiger partial charge on any atom is -0.458 e. The second-order valence-corrected chi connectivity index (χ2v) is 11.9. The van der Waals surface area contributed by atoms with Gasteiger partial charge in [-0.1, -0.05) is 74.5 Å². The molecule has 222 valence electrons. The predicted molar refractivity (Wildman–Crippen MR) is 156 cm³/mol. The van der Waals surface area contributed by atoms with Crippen molar-refractivity contribution >= 4 is 23.9 Å². The molecule has 0 saturated carbocycles. The Morgan fingerprint density at radius 3 is 2.10 bits per heavy atom. The lowest BCUT2D eigenvalue weighted by Gasteiger charge is -2.28. The molecule has 9 nitrogen and oxygen atoms in total. The molecule has 0 unspecified atom stereocenters. The maximum absolute atomic E-state index is 13.6. The van der Waals surface area contributed by atoms with Gasteiger partial charge < -0.3 is 20.1 Å². The van der Waals surface area contributed by atoms with Crippen LogP contribution in [0.1, 0.15) is 65.0 Å². The van der Waals surface area contributed by atoms with Crippen molar-refractivity contribution in [2.75, 3.05) is 6.54 Å². The molecule has 0 bridgehead atoms. The second kappa shape index (κ2) is 14.7. The first-order valence-corrected chi connectivity index (χ1v) is 14.3. The van der Waals surface area contributed by atoms with Gasteiger partial charge in [0.1, 0.15) is 30.3 Å². The van der Waals surface area contributed by atoms with E-state index < -0.39 is 47.6 Å². The van der Waals surface area contributed by atoms with Gasteiger partial charge >= 0.3 is 12.1 Å². The fraction of sp³-hybridized carbons (Fsp3) is 0.500. The lowest BCUT2D eigenvalue weighted by atomic mass is 10.0. The SMILES string of the molecule is CC(C)C[C@H](NC(=O)[C@@H](Cc1ccccc1)NC(=O)[C@H]1CCCN1C(=O)OCc1ccccc1)C(=O)OC(C)(C)C. The molecule has 2 aromatic rings. The molecule has 3 amide bonds. The Hall–Kier alpha value is -3.88. The number of amides is 3. The first-order chi connectivity index (χ1) is 19.4. The number of carbonyl (C=O) groups excluding carboxylic acids is 4. The van der Waals surface area contributed by atoms with E-state index in [1.165, 1.54) is 4.90 Å². The summed E-state index contributed by atoms with van der Waals surface area (Å²) in [5.41, 5.74) is 0.980. The number of likely N-dealkylation sites (tertiary alicyclic amines) is 1. The van der Waals surface area contributed by atoms with Gasteiger partial charge in [0.2, 0.25) is 11.8 Å². The van der Waals surface area contributed by atoms with Crippen molar-refractivity contribution in [1.82, 2.24) is 15.5 Å². The third-order valence-electron chi connectivity index (χ3n) is 6.63. The molecule has 3 atom stereocenters. The first kappa shape index (κ1) is 31.6. The summed E-state index contributed by atoms with van der Waals surface area (Å²) in [6.45, 7) is 9.72. The molecule has 0 aromatic heterocycles. The third-order valence-corrected chi connectivity index (χ3v) is 6.63. The van der Waals surface area contributed by atoms with Crippen molar-refractivity contribution in [3.05, 3.63) is 71.8 Å². The highest BCUT2D eigenvalue weighted by Gasteiger charge is 2.37. The summed E-state index contributed by atoms with van der Waals surface area (Å²) in [4.78, 5) is 54.3. The number of nitrogens with zero attached hydrogens (tertiary/aromatic N) is 1. The maximum atomic E-state index is 13.6. The van der Waals surface area contributed by atoms with Crippen molar-refractivity contribution in [2.45, 2.75) is 90.6 Å². The van der Waals surface area contributed by atoms with Crippen molar-refractivity contribution in [1.29, 1.82) is 0 Å². The maximum Gasteiger partial charge on any atom is 0.410 e. The molecule has 2 aromatic carbocycles. The fourth-order valence-corrected chi connectivity index (χ4v) is 4.72. The Balaban J connectivity index is 1.73. The van der Waals surface area contributed by atoms with E-state index in [4.69, 9.17) is 9.47 Å². The zero-order valence-electron chi connectivity index (χ0n) is 24.7. The Bertz CT molecular complexity index is 1160. The average Bonchev–Trinajstić information content (AvgIpc) is 3.41. The molecule has 1 aliphatic heterocycles. The molecule has 1 aliphatic rings. The quantitative estimate of drug-likeness (QED) is 0.391. The minimum atomic E-state index is -0.968. The Labute approximate surface area is 243 Å². The predicted octanol–water partition coefficient (Wildman–Crippen LogP) is 4.39. The zero-order valence-corrected chi connectivity index (χ0v) is 24.7. The van der Waals surface area contributed by atoms with Crippen LogP contribution in [0.2, 0.25) is 0 Å². The standard InChI is InChI=1S/C32H43N3O6/c1-22(2)19-26(30(38)41-32(3,4)5)34-28(36)25(20-23-13-8-6-9-14-23)33-29(37)27-17-12-18-35(27)31(39)40-21-24-15-10-7-11-16-24/h6-11,13-16,22,25-27H,12,17-21H2,1-5H3,(H,33,37)(H,34,36)/t25-,26+,27-/m1/s1. The topological polar surface area (TPSA) is 114 Å². The molecular weight excluding hydrogens is 522 g/mol. The third kappa shape index (κ3) is 10.2. The highest BCUT2D eigenvalue weighted by Crippen LogP contribution is 2.20. The van der Waals surface area contributed by atoms with Gasteiger partial charge in [0, 0.05) is 13.0 Å². The molecule has 41 heavy (non-hydrogen) atoms. The summed E-state index contributed by atoms with van der Waals surface area (Å²) in [6.07, 6.45) is 1.13. The molecular formula is C32H43N3O6. The number of hydrogen-bond acceptors (Lipinski definition) is 6. The Morgan fingerprint density at radius 1 is 0.902 bits per heavy atom. The van der Waals surface area contributed by atoms with Gasteiger partial charge in [0.15, 0.2) is 0 Å². The van der Waals surface area contributed by atoms with Crippen LogP contribution in [0.15, 0.2) is 60.7 Å². The van der Waals surface area contributed by atoms with Crippen molar-refractivity contribution in [3.8, 4) is 0 Å². The number of benzene rings is 2. The highest BCUT2D eigenvalue weighted by atomic mass is 16.6. The molecule has 1 saturated heterocycles. The largest absolute Gasteiger partial charge is 0.458 e. The van der Waals surface area contributed by atoms with Gasteiger partial charge in [-0.2, -0.15) is 0 Å². The molecule has 1 heterocycles. The lowest BCUT2D eigenvalue weighted by molar-refractivity contribution is -0.159. The molecule has 1 fully saturated rings. The molecule has 0 aliphatic carbocycles. The van der Waals surface area contributed by atoms with Gasteiger partial charge in [-0.3, -0.25) is 14.5 Å². The lowest BCUT2D eigenvalue weighted by Crippen LogP contribution is -2.56. The normalized spacial score (nSPS) is 16.5. The van der Waals surface area contributed by atoms with Crippen LogP contribution in [0.3, 0.4) is 0 Å². The van der Waals surface area contributed by atoms with Crippen LogP contribution in [0.25, 0.3) is 0 Å². The van der Waals surface area contributed by atoms with Gasteiger partial charge in [-0.25, -0.2) is 9.59 Å². The highest BCUT2D eigenvalue weighted by molar-refractivity contribution is 5.93. The van der Waals surface area contributed by atoms with E-state index in [9.17, 15) is 19.2 Å². The van der Waals surface area contributed by atoms with Crippen LogP contribution in [0, 0.1) is 5.92 Å². The molecule has 9 heteroatoms. The van der Waals surface area contributed by atoms with Gasteiger partial charge in [0.05, 0.1) is 0 Å². The Kier molecular flexibility index (Phi) is 11.3. The molecule has 0 spiro atoms. The van der Waals surface area contributed by atoms with Gasteiger partial charge in [-0.15, -0.1) is 0 Å². The molecule has 3 rings (SSSR count). The fourth-order valence-electron chi connectivity index (χ4n) is 4.72. The van der Waals surface area contributed by atoms with Crippen LogP contribution in [-0.4, -0.2) is 59.0 Å². The molecule has 0 radical (unpaired) electrons. The van der Waals surface area contributed by atoms with Crippen LogP contribution >= 0.6 is 0 Å². The first-order valence-electron chi connectivity index (χ1n) is 14.3. The van der Waals surface area contributed by atoms with Crippen molar-refractivity contribution in [2.24, 2.45) is 5.92 Å². The van der Waals surface area contributed by atoms with Gasteiger partial charge in [-0.05, 0) is 57.1 Å². The van der Waals surface area contributed by atoms with Crippen molar-refractivity contribution < 1.29 is 28.7 Å².